The molecule has 0 unspecified atom stereocenters. The minimum absolute atomic E-state index is 0.0822. The van der Waals surface area contributed by atoms with E-state index >= 15 is 0 Å². The highest BCUT2D eigenvalue weighted by Crippen LogP contribution is 2.25. The Kier molecular flexibility index (Phi) is 3.63. The average molecular weight is 280 g/mol. The van der Waals surface area contributed by atoms with E-state index in [9.17, 15) is 14.9 Å². The number of thiazole rings is 1. The fourth-order valence-electron chi connectivity index (χ4n) is 1.73. The second-order valence-corrected chi connectivity index (χ2v) is 4.80. The Bertz CT molecular complexity index is 677. The van der Waals surface area contributed by atoms with Crippen molar-refractivity contribution >= 4 is 22.7 Å². The Balaban J connectivity index is 2.39. The highest BCUT2D eigenvalue weighted by atomic mass is 32.1. The molecule has 2 rings (SSSR count). The van der Waals surface area contributed by atoms with Crippen molar-refractivity contribution in [1.82, 2.24) is 4.57 Å². The first-order valence-electron chi connectivity index (χ1n) is 5.42. The standard InChI is InChI=1S/C11H12N4O3S/c1-7-6-19-11(16)14(7)5-8-2-3-9(13-12)10(4-8)15(17)18/h2-4,6,13H,5,12H2,1H3. The molecule has 0 fully saturated rings. The van der Waals surface area contributed by atoms with E-state index in [1.54, 1.807) is 16.0 Å². The van der Waals surface area contributed by atoms with Crippen molar-refractivity contribution in [3.8, 4) is 0 Å². The molecule has 19 heavy (non-hydrogen) atoms. The zero-order valence-corrected chi connectivity index (χ0v) is 10.9. The van der Waals surface area contributed by atoms with Crippen LogP contribution < -0.4 is 16.1 Å². The lowest BCUT2D eigenvalue weighted by Crippen LogP contribution is -2.15. The molecule has 0 saturated heterocycles. The third kappa shape index (κ3) is 2.64. The molecule has 8 heteroatoms. The van der Waals surface area contributed by atoms with Gasteiger partial charge in [0.1, 0.15) is 5.69 Å². The SMILES string of the molecule is Cc1csc(=O)n1Cc1ccc(NN)c([N+](=O)[O-])c1. The number of nitro benzene ring substituents is 1. The predicted octanol–water partition coefficient (Wildman–Crippen LogP) is 1.46. The molecule has 0 aliphatic heterocycles. The van der Waals surface area contributed by atoms with Gasteiger partial charge in [0.05, 0.1) is 11.5 Å². The van der Waals surface area contributed by atoms with E-state index in [1.807, 2.05) is 6.92 Å². The fourth-order valence-corrected chi connectivity index (χ4v) is 2.46. The molecule has 100 valence electrons. The normalized spacial score (nSPS) is 10.4. The fraction of sp³-hybridized carbons (Fsp3) is 0.182. The number of benzene rings is 1. The van der Waals surface area contributed by atoms with Gasteiger partial charge < -0.3 is 5.43 Å². The molecular weight excluding hydrogens is 268 g/mol. The summed E-state index contributed by atoms with van der Waals surface area (Å²) in [5.41, 5.74) is 3.91. The zero-order valence-electron chi connectivity index (χ0n) is 10.1. The Labute approximate surface area is 112 Å². The van der Waals surface area contributed by atoms with E-state index < -0.39 is 4.92 Å². The van der Waals surface area contributed by atoms with Crippen molar-refractivity contribution in [2.75, 3.05) is 5.43 Å². The Morgan fingerprint density at radius 2 is 2.26 bits per heavy atom. The lowest BCUT2D eigenvalue weighted by molar-refractivity contribution is -0.384. The number of nitrogens with one attached hydrogen (secondary N) is 1. The third-order valence-corrected chi connectivity index (χ3v) is 3.61. The first kappa shape index (κ1) is 13.2. The summed E-state index contributed by atoms with van der Waals surface area (Å²) in [5, 5.41) is 12.7. The van der Waals surface area contributed by atoms with Crippen LogP contribution >= 0.6 is 11.3 Å². The number of hydrogen-bond acceptors (Lipinski definition) is 6. The van der Waals surface area contributed by atoms with Gasteiger partial charge in [-0.15, -0.1) is 0 Å². The van der Waals surface area contributed by atoms with E-state index in [-0.39, 0.29) is 16.2 Å². The van der Waals surface area contributed by atoms with E-state index in [0.717, 1.165) is 17.0 Å². The maximum absolute atomic E-state index is 11.6. The van der Waals surface area contributed by atoms with E-state index in [4.69, 9.17) is 5.84 Å². The lowest BCUT2D eigenvalue weighted by atomic mass is 10.1. The van der Waals surface area contributed by atoms with Crippen molar-refractivity contribution in [3.63, 3.8) is 0 Å². The number of aryl methyl sites for hydroxylation is 1. The molecular formula is C11H12N4O3S. The number of hydrogen-bond donors (Lipinski definition) is 2. The molecule has 0 saturated carbocycles. The molecule has 0 atom stereocenters. The summed E-state index contributed by atoms with van der Waals surface area (Å²) in [6.45, 7) is 2.13. The number of nitro groups is 1. The molecule has 0 spiro atoms. The molecule has 0 amide bonds. The molecule has 2 aromatic rings. The molecule has 0 aliphatic carbocycles. The van der Waals surface area contributed by atoms with Crippen LogP contribution in [-0.2, 0) is 6.54 Å². The van der Waals surface area contributed by atoms with Crippen molar-refractivity contribution in [3.05, 3.63) is 54.6 Å². The summed E-state index contributed by atoms with van der Waals surface area (Å²) in [4.78, 5) is 21.9. The van der Waals surface area contributed by atoms with Crippen LogP contribution in [0, 0.1) is 17.0 Å². The largest absolute Gasteiger partial charge is 0.318 e. The van der Waals surface area contributed by atoms with Gasteiger partial charge in [-0.2, -0.15) is 0 Å². The van der Waals surface area contributed by atoms with Gasteiger partial charge in [0.25, 0.3) is 5.69 Å². The predicted molar refractivity (Wildman–Crippen MR) is 73.3 cm³/mol. The van der Waals surface area contributed by atoms with Crippen LogP contribution in [-0.4, -0.2) is 9.49 Å². The second kappa shape index (κ2) is 5.21. The van der Waals surface area contributed by atoms with Gasteiger partial charge >= 0.3 is 4.87 Å². The number of nitrogens with zero attached hydrogens (tertiary/aromatic N) is 2. The van der Waals surface area contributed by atoms with Crippen molar-refractivity contribution in [2.45, 2.75) is 13.5 Å². The molecule has 1 aromatic heterocycles. The van der Waals surface area contributed by atoms with Gasteiger partial charge in [0.15, 0.2) is 0 Å². The summed E-state index contributed by atoms with van der Waals surface area (Å²) >= 11 is 1.11. The summed E-state index contributed by atoms with van der Waals surface area (Å²) in [5.74, 6) is 5.21. The Hall–Kier alpha value is -2.19. The number of rotatable bonds is 4. The molecule has 1 heterocycles. The summed E-state index contributed by atoms with van der Waals surface area (Å²) in [7, 11) is 0. The molecule has 1 aromatic carbocycles. The summed E-state index contributed by atoms with van der Waals surface area (Å²) in [6, 6.07) is 4.64. The van der Waals surface area contributed by atoms with Gasteiger partial charge in [-0.25, -0.2) is 0 Å². The van der Waals surface area contributed by atoms with Crippen LogP contribution in [0.4, 0.5) is 11.4 Å². The van der Waals surface area contributed by atoms with Crippen LogP contribution in [0.3, 0.4) is 0 Å². The molecule has 0 aliphatic rings. The summed E-state index contributed by atoms with van der Waals surface area (Å²) in [6.07, 6.45) is 0. The number of hydrazine groups is 1. The smallest absolute Gasteiger partial charge is 0.307 e. The number of aromatic nitrogens is 1. The monoisotopic (exact) mass is 280 g/mol. The average Bonchev–Trinajstić information content (AvgIpc) is 2.70. The van der Waals surface area contributed by atoms with Crippen molar-refractivity contribution in [2.24, 2.45) is 5.84 Å². The maximum atomic E-state index is 11.6. The Morgan fingerprint density at radius 3 is 2.79 bits per heavy atom. The van der Waals surface area contributed by atoms with Gasteiger partial charge in [-0.05, 0) is 18.6 Å². The number of anilines is 1. The first-order valence-corrected chi connectivity index (χ1v) is 6.29. The highest BCUT2D eigenvalue weighted by molar-refractivity contribution is 7.07. The number of nitrogen functional groups attached to an aromatic ring is 1. The van der Waals surface area contributed by atoms with Crippen LogP contribution in [0.5, 0.6) is 0 Å². The minimum Gasteiger partial charge on any atom is -0.318 e. The van der Waals surface area contributed by atoms with Crippen molar-refractivity contribution < 1.29 is 4.92 Å². The van der Waals surface area contributed by atoms with Crippen LogP contribution in [0.2, 0.25) is 0 Å². The van der Waals surface area contributed by atoms with E-state index in [1.165, 1.54) is 12.1 Å². The maximum Gasteiger partial charge on any atom is 0.307 e. The number of nitrogens with two attached hydrogens (primary N) is 1. The second-order valence-electron chi connectivity index (χ2n) is 3.98. The van der Waals surface area contributed by atoms with E-state index in [0.29, 0.717) is 12.1 Å². The van der Waals surface area contributed by atoms with Gasteiger partial charge in [-0.1, -0.05) is 17.4 Å². The lowest BCUT2D eigenvalue weighted by Gasteiger charge is -2.07. The molecule has 0 radical (unpaired) electrons. The van der Waals surface area contributed by atoms with Crippen LogP contribution in [0.25, 0.3) is 0 Å². The first-order chi connectivity index (χ1) is 9.02. The summed E-state index contributed by atoms with van der Waals surface area (Å²) < 4.78 is 1.57. The van der Waals surface area contributed by atoms with Gasteiger partial charge in [-0.3, -0.25) is 25.3 Å². The third-order valence-electron chi connectivity index (χ3n) is 2.73. The Morgan fingerprint density at radius 1 is 1.53 bits per heavy atom. The molecule has 7 nitrogen and oxygen atoms in total. The van der Waals surface area contributed by atoms with Gasteiger partial charge in [0, 0.05) is 17.1 Å². The molecule has 0 bridgehead atoms. The molecule has 3 N–H and O–H groups in total. The van der Waals surface area contributed by atoms with Gasteiger partial charge in [0.2, 0.25) is 0 Å². The highest BCUT2D eigenvalue weighted by Gasteiger charge is 2.14. The van der Waals surface area contributed by atoms with Crippen LogP contribution in [0.1, 0.15) is 11.3 Å². The quantitative estimate of drug-likeness (QED) is 0.501. The zero-order chi connectivity index (χ0) is 14.0. The van der Waals surface area contributed by atoms with Crippen molar-refractivity contribution in [1.29, 1.82) is 0 Å². The van der Waals surface area contributed by atoms with E-state index in [2.05, 4.69) is 5.43 Å². The topological polar surface area (TPSA) is 103 Å². The van der Waals surface area contributed by atoms with Crippen LogP contribution in [0.15, 0.2) is 28.4 Å². The minimum atomic E-state index is -0.512.